The molecule has 29 heavy (non-hydrogen) atoms. The molecule has 1 saturated heterocycles. The van der Waals surface area contributed by atoms with Gasteiger partial charge in [-0.15, -0.1) is 0 Å². The minimum absolute atomic E-state index is 0.168. The second-order valence-corrected chi connectivity index (χ2v) is 8.50. The van der Waals surface area contributed by atoms with Crippen molar-refractivity contribution in [2.45, 2.75) is 71.5 Å². The van der Waals surface area contributed by atoms with Gasteiger partial charge in [0.1, 0.15) is 0 Å². The van der Waals surface area contributed by atoms with Gasteiger partial charge in [0.2, 0.25) is 0 Å². The highest BCUT2D eigenvalue weighted by Gasteiger charge is 2.48. The molecule has 1 aliphatic carbocycles. The second kappa shape index (κ2) is 10.9. The molecule has 1 spiro atoms. The highest BCUT2D eigenvalue weighted by molar-refractivity contribution is 5.55. The number of unbranched alkanes of at least 4 members (excludes halogenated alkanes) is 1. The van der Waals surface area contributed by atoms with Crippen LogP contribution in [0.2, 0.25) is 0 Å². The van der Waals surface area contributed by atoms with E-state index in [4.69, 9.17) is 14.7 Å². The fourth-order valence-corrected chi connectivity index (χ4v) is 4.49. The SMILES string of the molecule is CCCCC1(CF)CCCC2(C1)OCCO2.CCN(C)c1ccc(C#N)cc1C. The minimum atomic E-state index is -0.432. The molecule has 1 aliphatic heterocycles. The summed E-state index contributed by atoms with van der Waals surface area (Å²) in [5.41, 5.74) is 2.91. The monoisotopic (exact) mass is 404 g/mol. The first-order chi connectivity index (χ1) is 13.9. The fraction of sp³-hybridized carbons (Fsp3) is 0.708. The molecule has 1 unspecified atom stereocenters. The normalized spacial score (nSPS) is 22.6. The third-order valence-corrected chi connectivity index (χ3v) is 6.28. The number of rotatable bonds is 6. The van der Waals surface area contributed by atoms with Crippen LogP contribution in [0, 0.1) is 23.7 Å². The smallest absolute Gasteiger partial charge is 0.169 e. The maximum atomic E-state index is 13.4. The molecule has 1 atom stereocenters. The van der Waals surface area contributed by atoms with E-state index in [0.717, 1.165) is 62.6 Å². The van der Waals surface area contributed by atoms with Gasteiger partial charge in [-0.25, -0.2) is 0 Å². The number of halogens is 1. The summed E-state index contributed by atoms with van der Waals surface area (Å²) in [4.78, 5) is 2.16. The molecule has 0 radical (unpaired) electrons. The van der Waals surface area contributed by atoms with E-state index in [2.05, 4.69) is 24.8 Å². The van der Waals surface area contributed by atoms with Crippen LogP contribution in [0.5, 0.6) is 0 Å². The Morgan fingerprint density at radius 1 is 1.21 bits per heavy atom. The highest BCUT2D eigenvalue weighted by atomic mass is 19.1. The van der Waals surface area contributed by atoms with Gasteiger partial charge in [0.05, 0.1) is 31.5 Å². The lowest BCUT2D eigenvalue weighted by Crippen LogP contribution is -2.43. The molecule has 2 fully saturated rings. The minimum Gasteiger partial charge on any atom is -0.375 e. The molecule has 1 aromatic rings. The Bertz CT molecular complexity index is 682. The van der Waals surface area contributed by atoms with Gasteiger partial charge in [-0.3, -0.25) is 4.39 Å². The summed E-state index contributed by atoms with van der Waals surface area (Å²) < 4.78 is 24.8. The fourth-order valence-electron chi connectivity index (χ4n) is 4.49. The molecule has 1 heterocycles. The van der Waals surface area contributed by atoms with Crippen molar-refractivity contribution in [3.63, 3.8) is 0 Å². The lowest BCUT2D eigenvalue weighted by atomic mass is 9.69. The summed E-state index contributed by atoms with van der Waals surface area (Å²) in [6.07, 6.45) is 6.97. The predicted molar refractivity (Wildman–Crippen MR) is 116 cm³/mol. The molecular formula is C24H37FN2O2. The Morgan fingerprint density at radius 3 is 2.48 bits per heavy atom. The Kier molecular flexibility index (Phi) is 8.92. The number of ether oxygens (including phenoxy) is 2. The summed E-state index contributed by atoms with van der Waals surface area (Å²) in [5.74, 6) is -0.432. The van der Waals surface area contributed by atoms with E-state index in [-0.39, 0.29) is 12.1 Å². The third kappa shape index (κ3) is 6.17. The van der Waals surface area contributed by atoms with E-state index in [0.29, 0.717) is 13.2 Å². The van der Waals surface area contributed by atoms with Crippen molar-refractivity contribution in [3.8, 4) is 6.07 Å². The van der Waals surface area contributed by atoms with Gasteiger partial charge < -0.3 is 14.4 Å². The van der Waals surface area contributed by atoms with Crippen molar-refractivity contribution >= 4 is 5.69 Å². The molecular weight excluding hydrogens is 367 g/mol. The molecule has 0 amide bonds. The molecule has 5 heteroatoms. The van der Waals surface area contributed by atoms with E-state index in [1.54, 1.807) is 0 Å². The second-order valence-electron chi connectivity index (χ2n) is 8.50. The third-order valence-electron chi connectivity index (χ3n) is 6.28. The first-order valence-electron chi connectivity index (χ1n) is 11.0. The standard InChI is InChI=1S/C13H23FO2.C11H14N2/c1-2-3-5-12(11-14)6-4-7-13(10-12)15-8-9-16-13;1-4-13(3)11-6-5-10(8-12)7-9(11)2/h2-11H2,1H3;5-7H,4H2,1-3H3. The average molecular weight is 405 g/mol. The van der Waals surface area contributed by atoms with Crippen molar-refractivity contribution in [2.24, 2.45) is 5.41 Å². The number of hydrogen-bond acceptors (Lipinski definition) is 4. The molecule has 0 N–H and O–H groups in total. The van der Waals surface area contributed by atoms with E-state index in [1.807, 2.05) is 32.2 Å². The molecule has 162 valence electrons. The average Bonchev–Trinajstić information content (AvgIpc) is 3.19. The summed E-state index contributed by atoms with van der Waals surface area (Å²) in [5, 5.41) is 8.69. The van der Waals surface area contributed by atoms with Crippen LogP contribution in [0.4, 0.5) is 10.1 Å². The largest absolute Gasteiger partial charge is 0.375 e. The number of anilines is 1. The zero-order valence-corrected chi connectivity index (χ0v) is 18.6. The number of alkyl halides is 1. The van der Waals surface area contributed by atoms with E-state index in [1.165, 1.54) is 5.69 Å². The lowest BCUT2D eigenvalue weighted by molar-refractivity contribution is -0.205. The predicted octanol–water partition coefficient (Wildman–Crippen LogP) is 5.77. The van der Waals surface area contributed by atoms with Crippen molar-refractivity contribution < 1.29 is 13.9 Å². The van der Waals surface area contributed by atoms with Crippen molar-refractivity contribution in [1.29, 1.82) is 5.26 Å². The van der Waals surface area contributed by atoms with Crippen LogP contribution < -0.4 is 4.90 Å². The summed E-state index contributed by atoms with van der Waals surface area (Å²) in [6, 6.07) is 7.90. The Balaban J connectivity index is 0.000000212. The van der Waals surface area contributed by atoms with Gasteiger partial charge in [0.25, 0.3) is 0 Å². The first-order valence-corrected chi connectivity index (χ1v) is 11.0. The highest BCUT2D eigenvalue weighted by Crippen LogP contribution is 2.48. The zero-order chi connectivity index (χ0) is 21.3. The quantitative estimate of drug-likeness (QED) is 0.603. The van der Waals surface area contributed by atoms with E-state index < -0.39 is 5.79 Å². The van der Waals surface area contributed by atoms with Gasteiger partial charge in [-0.2, -0.15) is 5.26 Å². The molecule has 3 rings (SSSR count). The Labute approximate surface area is 176 Å². The van der Waals surface area contributed by atoms with Crippen LogP contribution in [0.3, 0.4) is 0 Å². The number of aryl methyl sites for hydroxylation is 1. The number of nitriles is 1. The molecule has 0 aromatic heterocycles. The maximum Gasteiger partial charge on any atom is 0.169 e. The van der Waals surface area contributed by atoms with Crippen LogP contribution in [-0.4, -0.2) is 39.3 Å². The van der Waals surface area contributed by atoms with Gasteiger partial charge >= 0.3 is 0 Å². The molecule has 0 bridgehead atoms. The Morgan fingerprint density at radius 2 is 1.93 bits per heavy atom. The van der Waals surface area contributed by atoms with Crippen molar-refractivity contribution in [3.05, 3.63) is 29.3 Å². The van der Waals surface area contributed by atoms with Crippen LogP contribution in [0.1, 0.15) is 69.9 Å². The van der Waals surface area contributed by atoms with Crippen LogP contribution >= 0.6 is 0 Å². The molecule has 1 aromatic carbocycles. The number of benzene rings is 1. The number of hydrogen-bond donors (Lipinski definition) is 0. The van der Waals surface area contributed by atoms with Crippen LogP contribution in [-0.2, 0) is 9.47 Å². The summed E-state index contributed by atoms with van der Waals surface area (Å²) in [6.45, 7) is 8.41. The van der Waals surface area contributed by atoms with Crippen LogP contribution in [0.25, 0.3) is 0 Å². The van der Waals surface area contributed by atoms with Gasteiger partial charge in [-0.05, 0) is 56.9 Å². The van der Waals surface area contributed by atoms with Gasteiger partial charge in [0, 0.05) is 37.5 Å². The van der Waals surface area contributed by atoms with E-state index >= 15 is 0 Å². The first kappa shape index (κ1) is 23.6. The summed E-state index contributed by atoms with van der Waals surface area (Å²) >= 11 is 0. The molecule has 1 saturated carbocycles. The zero-order valence-electron chi connectivity index (χ0n) is 18.6. The van der Waals surface area contributed by atoms with Gasteiger partial charge in [-0.1, -0.05) is 19.8 Å². The topological polar surface area (TPSA) is 45.5 Å². The molecule has 4 nitrogen and oxygen atoms in total. The Hall–Kier alpha value is -1.64. The lowest BCUT2D eigenvalue weighted by Gasteiger charge is -2.43. The van der Waals surface area contributed by atoms with Gasteiger partial charge in [0.15, 0.2) is 5.79 Å². The maximum absolute atomic E-state index is 13.4. The summed E-state index contributed by atoms with van der Waals surface area (Å²) in [7, 11) is 2.05. The van der Waals surface area contributed by atoms with Crippen molar-refractivity contribution in [1.82, 2.24) is 0 Å². The van der Waals surface area contributed by atoms with Crippen LogP contribution in [0.15, 0.2) is 18.2 Å². The molecule has 2 aliphatic rings. The van der Waals surface area contributed by atoms with Crippen molar-refractivity contribution in [2.75, 3.05) is 38.4 Å². The van der Waals surface area contributed by atoms with E-state index in [9.17, 15) is 4.39 Å². The number of nitrogens with zero attached hydrogens (tertiary/aromatic N) is 2.